The van der Waals surface area contributed by atoms with Gasteiger partial charge in [0.1, 0.15) is 0 Å². The van der Waals surface area contributed by atoms with E-state index in [0.717, 1.165) is 43.6 Å². The molecule has 3 unspecified atom stereocenters. The number of thioether (sulfide) groups is 1. The van der Waals surface area contributed by atoms with Gasteiger partial charge in [0.2, 0.25) is 0 Å². The van der Waals surface area contributed by atoms with Gasteiger partial charge in [-0.2, -0.15) is 11.8 Å². The Hall–Kier alpha value is -0.800. The molecule has 112 valence electrons. The van der Waals surface area contributed by atoms with Crippen molar-refractivity contribution in [1.29, 1.82) is 0 Å². The molecule has 2 saturated heterocycles. The highest BCUT2D eigenvalue weighted by atomic mass is 32.2. The van der Waals surface area contributed by atoms with Crippen LogP contribution in [0, 0.1) is 11.8 Å². The number of rotatable bonds is 1. The summed E-state index contributed by atoms with van der Waals surface area (Å²) in [5, 5.41) is 0. The van der Waals surface area contributed by atoms with E-state index < -0.39 is 0 Å². The minimum atomic E-state index is 0.0881. The van der Waals surface area contributed by atoms with Crippen LogP contribution in [0.5, 0.6) is 0 Å². The number of carbonyl (C=O) groups is 1. The fourth-order valence-corrected chi connectivity index (χ4v) is 5.72. The SMILES string of the molecule is O=C1c2ccccc2CCC1C1CCOC2(CCSC2)C1. The first-order valence-corrected chi connectivity index (χ1v) is 9.27. The summed E-state index contributed by atoms with van der Waals surface area (Å²) < 4.78 is 6.12. The number of ether oxygens (including phenoxy) is 1. The van der Waals surface area contributed by atoms with Crippen molar-refractivity contribution in [2.24, 2.45) is 11.8 Å². The van der Waals surface area contributed by atoms with E-state index >= 15 is 0 Å². The quantitative estimate of drug-likeness (QED) is 0.790. The maximum absolute atomic E-state index is 12.9. The number of carbonyl (C=O) groups excluding carboxylic acids is 1. The number of ketones is 1. The summed E-state index contributed by atoms with van der Waals surface area (Å²) in [5.41, 5.74) is 2.32. The third-order valence-electron chi connectivity index (χ3n) is 5.51. The zero-order valence-electron chi connectivity index (χ0n) is 12.3. The van der Waals surface area contributed by atoms with E-state index in [1.165, 1.54) is 17.7 Å². The Morgan fingerprint density at radius 2 is 2.14 bits per heavy atom. The standard InChI is InChI=1S/C18H22O2S/c19-17-15-4-2-1-3-13(15)5-6-16(17)14-7-9-20-18(11-14)8-10-21-12-18/h1-4,14,16H,5-12H2. The second-order valence-corrected chi connectivity index (χ2v) is 7.86. The van der Waals surface area contributed by atoms with Gasteiger partial charge in [0.15, 0.2) is 5.78 Å². The number of fused-ring (bicyclic) bond motifs is 1. The summed E-state index contributed by atoms with van der Waals surface area (Å²) in [4.78, 5) is 12.9. The summed E-state index contributed by atoms with van der Waals surface area (Å²) in [6.45, 7) is 0.844. The van der Waals surface area contributed by atoms with Crippen LogP contribution in [0.1, 0.15) is 41.6 Å². The lowest BCUT2D eigenvalue weighted by molar-refractivity contribution is -0.0869. The minimum absolute atomic E-state index is 0.0881. The second kappa shape index (κ2) is 5.44. The number of hydrogen-bond acceptors (Lipinski definition) is 3. The van der Waals surface area contributed by atoms with Crippen LogP contribution >= 0.6 is 11.8 Å². The summed E-state index contributed by atoms with van der Waals surface area (Å²) >= 11 is 2.01. The van der Waals surface area contributed by atoms with Crippen LogP contribution in [-0.4, -0.2) is 29.5 Å². The lowest BCUT2D eigenvalue weighted by Crippen LogP contribution is -2.44. The van der Waals surface area contributed by atoms with Gasteiger partial charge >= 0.3 is 0 Å². The molecular weight excluding hydrogens is 280 g/mol. The number of aryl methyl sites for hydroxylation is 1. The topological polar surface area (TPSA) is 26.3 Å². The molecule has 0 N–H and O–H groups in total. The van der Waals surface area contributed by atoms with Crippen molar-refractivity contribution in [1.82, 2.24) is 0 Å². The molecule has 1 aliphatic carbocycles. The van der Waals surface area contributed by atoms with Gasteiger partial charge in [-0.1, -0.05) is 24.3 Å². The number of benzene rings is 1. The third kappa shape index (κ3) is 2.44. The van der Waals surface area contributed by atoms with Crippen LogP contribution in [0.2, 0.25) is 0 Å². The number of Topliss-reactive ketones (excluding diaryl/α,β-unsaturated/α-hetero) is 1. The van der Waals surface area contributed by atoms with Gasteiger partial charge in [-0.3, -0.25) is 4.79 Å². The van der Waals surface area contributed by atoms with Crippen LogP contribution in [0.3, 0.4) is 0 Å². The van der Waals surface area contributed by atoms with Crippen LogP contribution in [0.25, 0.3) is 0 Å². The van der Waals surface area contributed by atoms with Gasteiger partial charge in [0.05, 0.1) is 5.60 Å². The maximum Gasteiger partial charge on any atom is 0.166 e. The van der Waals surface area contributed by atoms with Crippen molar-refractivity contribution in [2.45, 2.75) is 37.7 Å². The van der Waals surface area contributed by atoms with E-state index in [9.17, 15) is 4.79 Å². The van der Waals surface area contributed by atoms with Crippen molar-refractivity contribution < 1.29 is 9.53 Å². The highest BCUT2D eigenvalue weighted by Crippen LogP contribution is 2.44. The fourth-order valence-electron chi connectivity index (χ4n) is 4.34. The van der Waals surface area contributed by atoms with Crippen molar-refractivity contribution in [3.05, 3.63) is 35.4 Å². The van der Waals surface area contributed by atoms with Crippen molar-refractivity contribution in [3.8, 4) is 0 Å². The van der Waals surface area contributed by atoms with Gasteiger partial charge in [-0.15, -0.1) is 0 Å². The highest BCUT2D eigenvalue weighted by molar-refractivity contribution is 7.99. The molecule has 3 aliphatic rings. The molecule has 2 nitrogen and oxygen atoms in total. The predicted octanol–water partition coefficient (Wildman–Crippen LogP) is 3.73. The Morgan fingerprint density at radius 1 is 1.24 bits per heavy atom. The van der Waals surface area contributed by atoms with Crippen LogP contribution in [-0.2, 0) is 11.2 Å². The molecule has 1 aromatic carbocycles. The molecule has 0 aromatic heterocycles. The van der Waals surface area contributed by atoms with E-state index in [-0.39, 0.29) is 11.5 Å². The molecule has 4 rings (SSSR count). The molecule has 3 heteroatoms. The molecule has 0 radical (unpaired) electrons. The summed E-state index contributed by atoms with van der Waals surface area (Å²) in [5.74, 6) is 3.49. The molecule has 1 aromatic rings. The third-order valence-corrected chi connectivity index (χ3v) is 6.73. The largest absolute Gasteiger partial charge is 0.374 e. The van der Waals surface area contributed by atoms with Crippen LogP contribution in [0.15, 0.2) is 24.3 Å². The molecule has 0 saturated carbocycles. The predicted molar refractivity (Wildman–Crippen MR) is 85.9 cm³/mol. The van der Waals surface area contributed by atoms with Crippen molar-refractivity contribution in [3.63, 3.8) is 0 Å². The molecule has 2 aliphatic heterocycles. The number of hydrogen-bond donors (Lipinski definition) is 0. The van der Waals surface area contributed by atoms with Crippen molar-refractivity contribution in [2.75, 3.05) is 18.1 Å². The average Bonchev–Trinajstić information content (AvgIpc) is 2.96. The highest BCUT2D eigenvalue weighted by Gasteiger charge is 2.44. The molecule has 2 fully saturated rings. The van der Waals surface area contributed by atoms with Gasteiger partial charge in [-0.05, 0) is 49.3 Å². The van der Waals surface area contributed by atoms with E-state index in [2.05, 4.69) is 6.07 Å². The van der Waals surface area contributed by atoms with Gasteiger partial charge < -0.3 is 4.74 Å². The second-order valence-electron chi connectivity index (χ2n) is 6.75. The van der Waals surface area contributed by atoms with Crippen molar-refractivity contribution >= 4 is 17.5 Å². The maximum atomic E-state index is 12.9. The van der Waals surface area contributed by atoms with E-state index in [1.54, 1.807) is 0 Å². The lowest BCUT2D eigenvalue weighted by atomic mass is 9.70. The van der Waals surface area contributed by atoms with E-state index in [1.807, 2.05) is 30.0 Å². The van der Waals surface area contributed by atoms with Crippen LogP contribution in [0.4, 0.5) is 0 Å². The molecule has 0 bridgehead atoms. The summed E-state index contributed by atoms with van der Waals surface area (Å²) in [7, 11) is 0. The summed E-state index contributed by atoms with van der Waals surface area (Å²) in [6, 6.07) is 8.18. The van der Waals surface area contributed by atoms with E-state index in [4.69, 9.17) is 4.74 Å². The Kier molecular flexibility index (Phi) is 3.58. The zero-order chi connectivity index (χ0) is 14.3. The Morgan fingerprint density at radius 3 is 3.00 bits per heavy atom. The van der Waals surface area contributed by atoms with Gasteiger partial charge in [-0.25, -0.2) is 0 Å². The van der Waals surface area contributed by atoms with Crippen LogP contribution < -0.4 is 0 Å². The zero-order valence-corrected chi connectivity index (χ0v) is 13.2. The first kappa shape index (κ1) is 13.8. The lowest BCUT2D eigenvalue weighted by Gasteiger charge is -2.41. The Bertz CT molecular complexity index is 548. The Balaban J connectivity index is 1.56. The van der Waals surface area contributed by atoms with Gasteiger partial charge in [0.25, 0.3) is 0 Å². The van der Waals surface area contributed by atoms with E-state index in [0.29, 0.717) is 11.7 Å². The fraction of sp³-hybridized carbons (Fsp3) is 0.611. The monoisotopic (exact) mass is 302 g/mol. The van der Waals surface area contributed by atoms with Gasteiger partial charge in [0, 0.05) is 23.8 Å². The first-order chi connectivity index (χ1) is 10.3. The molecule has 0 amide bonds. The first-order valence-electron chi connectivity index (χ1n) is 8.11. The smallest absolute Gasteiger partial charge is 0.166 e. The molecular formula is C18H22O2S. The molecule has 21 heavy (non-hydrogen) atoms. The molecule has 3 atom stereocenters. The summed E-state index contributed by atoms with van der Waals surface area (Å²) in [6.07, 6.45) is 5.42. The average molecular weight is 302 g/mol. The minimum Gasteiger partial charge on any atom is -0.374 e. The molecule has 1 spiro atoms. The normalized spacial score (nSPS) is 35.9. The molecule has 2 heterocycles. The Labute approximate surface area is 130 Å².